The van der Waals surface area contributed by atoms with Gasteiger partial charge in [0.15, 0.2) is 5.96 Å². The van der Waals surface area contributed by atoms with Crippen molar-refractivity contribution in [2.75, 3.05) is 44.9 Å². The molecule has 0 aliphatic heterocycles. The van der Waals surface area contributed by atoms with Crippen LogP contribution in [-0.4, -0.2) is 59.2 Å². The second-order valence-electron chi connectivity index (χ2n) is 5.82. The molecular formula is C15H34IN3O3S. The van der Waals surface area contributed by atoms with Crippen molar-refractivity contribution in [3.05, 3.63) is 0 Å². The minimum atomic E-state index is -2.94. The molecule has 0 bridgehead atoms. The van der Waals surface area contributed by atoms with Crippen LogP contribution < -0.4 is 10.6 Å². The van der Waals surface area contributed by atoms with E-state index >= 15 is 0 Å². The van der Waals surface area contributed by atoms with Crippen molar-refractivity contribution in [3.8, 4) is 0 Å². The van der Waals surface area contributed by atoms with E-state index in [0.29, 0.717) is 13.2 Å². The van der Waals surface area contributed by atoms with Crippen LogP contribution in [0.1, 0.15) is 40.0 Å². The molecule has 0 radical (unpaired) electrons. The molecular weight excluding hydrogens is 429 g/mol. The van der Waals surface area contributed by atoms with Gasteiger partial charge in [-0.15, -0.1) is 24.0 Å². The summed E-state index contributed by atoms with van der Waals surface area (Å²) in [6.07, 6.45) is 4.76. The molecule has 0 amide bonds. The number of ether oxygens (including phenoxy) is 1. The molecule has 2 N–H and O–H groups in total. The van der Waals surface area contributed by atoms with Crippen molar-refractivity contribution in [1.82, 2.24) is 10.6 Å². The van der Waals surface area contributed by atoms with Gasteiger partial charge in [0.1, 0.15) is 9.84 Å². The molecule has 0 aliphatic rings. The predicted octanol–water partition coefficient (Wildman–Crippen LogP) is 2.05. The first-order valence-corrected chi connectivity index (χ1v) is 10.2. The largest absolute Gasteiger partial charge is 0.379 e. The van der Waals surface area contributed by atoms with Gasteiger partial charge in [-0.2, -0.15) is 0 Å². The van der Waals surface area contributed by atoms with E-state index in [1.165, 1.54) is 19.1 Å². The lowest BCUT2D eigenvalue weighted by atomic mass is 10.1. The minimum Gasteiger partial charge on any atom is -0.379 e. The molecule has 0 saturated heterocycles. The molecule has 0 rings (SSSR count). The van der Waals surface area contributed by atoms with Crippen LogP contribution in [0.5, 0.6) is 0 Å². The maximum Gasteiger partial charge on any atom is 0.191 e. The molecule has 0 fully saturated rings. The monoisotopic (exact) mass is 463 g/mol. The lowest BCUT2D eigenvalue weighted by molar-refractivity contribution is 0.154. The maximum atomic E-state index is 10.9. The highest BCUT2D eigenvalue weighted by atomic mass is 127. The van der Waals surface area contributed by atoms with Crippen LogP contribution in [0.15, 0.2) is 4.99 Å². The number of hydrogen-bond donors (Lipinski definition) is 2. The Bertz CT molecular complexity index is 401. The van der Waals surface area contributed by atoms with Gasteiger partial charge in [0.25, 0.3) is 0 Å². The predicted molar refractivity (Wildman–Crippen MR) is 109 cm³/mol. The fourth-order valence-electron chi connectivity index (χ4n) is 1.75. The van der Waals surface area contributed by atoms with Gasteiger partial charge < -0.3 is 15.4 Å². The summed E-state index contributed by atoms with van der Waals surface area (Å²) in [5.74, 6) is 1.61. The molecule has 140 valence electrons. The van der Waals surface area contributed by atoms with E-state index in [1.54, 1.807) is 0 Å². The molecule has 0 spiro atoms. The average Bonchev–Trinajstić information content (AvgIpc) is 2.40. The van der Waals surface area contributed by atoms with Gasteiger partial charge in [0.2, 0.25) is 0 Å². The third-order valence-electron chi connectivity index (χ3n) is 2.94. The second kappa shape index (κ2) is 15.4. The molecule has 0 aromatic carbocycles. The Labute approximate surface area is 159 Å². The van der Waals surface area contributed by atoms with Crippen LogP contribution in [0, 0.1) is 5.92 Å². The Hall–Kier alpha value is -0.0900. The summed E-state index contributed by atoms with van der Waals surface area (Å²) in [5, 5.41) is 6.37. The lowest BCUT2D eigenvalue weighted by Crippen LogP contribution is -2.39. The molecule has 8 heteroatoms. The number of nitrogens with zero attached hydrogens (tertiary/aromatic N) is 1. The standard InChI is InChI=1S/C15H33N3O3S.HI/c1-5-16-15(17-9-7-6-8-14(2)3)18-10-11-21-12-13-22(4,19)20;/h14H,5-13H2,1-4H3,(H2,16,17,18);1H. The van der Waals surface area contributed by atoms with Gasteiger partial charge in [-0.1, -0.05) is 26.7 Å². The third kappa shape index (κ3) is 19.9. The van der Waals surface area contributed by atoms with Crippen LogP contribution in [0.2, 0.25) is 0 Å². The van der Waals surface area contributed by atoms with E-state index in [-0.39, 0.29) is 36.3 Å². The minimum absolute atomic E-state index is 0. The maximum absolute atomic E-state index is 10.9. The zero-order chi connectivity index (χ0) is 16.8. The third-order valence-corrected chi connectivity index (χ3v) is 3.85. The van der Waals surface area contributed by atoms with Crippen molar-refractivity contribution in [2.24, 2.45) is 10.9 Å². The molecule has 0 unspecified atom stereocenters. The summed E-state index contributed by atoms with van der Waals surface area (Å²) >= 11 is 0. The van der Waals surface area contributed by atoms with Gasteiger partial charge >= 0.3 is 0 Å². The van der Waals surface area contributed by atoms with Gasteiger partial charge in [0, 0.05) is 25.9 Å². The molecule has 0 aromatic rings. The van der Waals surface area contributed by atoms with Crippen LogP contribution in [0.3, 0.4) is 0 Å². The number of guanidine groups is 1. The van der Waals surface area contributed by atoms with Gasteiger partial charge in [-0.25, -0.2) is 8.42 Å². The number of halogens is 1. The summed E-state index contributed by atoms with van der Waals surface area (Å²) in [7, 11) is -2.94. The van der Waals surface area contributed by atoms with E-state index in [1.807, 2.05) is 6.92 Å². The Morgan fingerprint density at radius 2 is 1.87 bits per heavy atom. The molecule has 0 aromatic heterocycles. The molecule has 0 saturated carbocycles. The zero-order valence-corrected chi connectivity index (χ0v) is 18.1. The van der Waals surface area contributed by atoms with Crippen molar-refractivity contribution in [1.29, 1.82) is 0 Å². The summed E-state index contributed by atoms with van der Waals surface area (Å²) in [4.78, 5) is 4.51. The lowest BCUT2D eigenvalue weighted by Gasteiger charge is -2.11. The Morgan fingerprint density at radius 3 is 2.43 bits per heavy atom. The van der Waals surface area contributed by atoms with Crippen molar-refractivity contribution < 1.29 is 13.2 Å². The van der Waals surface area contributed by atoms with E-state index in [9.17, 15) is 8.42 Å². The number of rotatable bonds is 12. The molecule has 6 nitrogen and oxygen atoms in total. The Kier molecular flexibility index (Phi) is 16.9. The fraction of sp³-hybridized carbons (Fsp3) is 0.933. The van der Waals surface area contributed by atoms with Crippen LogP contribution >= 0.6 is 24.0 Å². The van der Waals surface area contributed by atoms with E-state index in [2.05, 4.69) is 29.5 Å². The zero-order valence-electron chi connectivity index (χ0n) is 14.9. The highest BCUT2D eigenvalue weighted by Crippen LogP contribution is 2.05. The van der Waals surface area contributed by atoms with Gasteiger partial charge in [-0.05, 0) is 19.3 Å². The van der Waals surface area contributed by atoms with Crippen LogP contribution in [0.25, 0.3) is 0 Å². The van der Waals surface area contributed by atoms with E-state index in [4.69, 9.17) is 4.74 Å². The SMILES string of the molecule is CCNC(=NCCCCC(C)C)NCCOCCS(C)(=O)=O.I. The summed E-state index contributed by atoms with van der Waals surface area (Å²) in [6.45, 7) is 9.44. The van der Waals surface area contributed by atoms with Gasteiger partial charge in [0.05, 0.1) is 19.0 Å². The molecule has 23 heavy (non-hydrogen) atoms. The first-order chi connectivity index (χ1) is 10.3. The highest BCUT2D eigenvalue weighted by Gasteiger charge is 2.01. The normalized spacial score (nSPS) is 12.1. The first kappa shape index (κ1) is 25.2. The number of hydrogen-bond acceptors (Lipinski definition) is 4. The topological polar surface area (TPSA) is 79.8 Å². The number of nitrogens with one attached hydrogen (secondary N) is 2. The highest BCUT2D eigenvalue weighted by molar-refractivity contribution is 14.0. The summed E-state index contributed by atoms with van der Waals surface area (Å²) < 4.78 is 27.2. The Morgan fingerprint density at radius 1 is 1.17 bits per heavy atom. The van der Waals surface area contributed by atoms with Gasteiger partial charge in [-0.3, -0.25) is 4.99 Å². The van der Waals surface area contributed by atoms with Crippen molar-refractivity contribution in [2.45, 2.75) is 40.0 Å². The second-order valence-corrected chi connectivity index (χ2v) is 8.08. The van der Waals surface area contributed by atoms with Crippen LogP contribution in [0.4, 0.5) is 0 Å². The Balaban J connectivity index is 0. The number of aliphatic imine (C=N–C) groups is 1. The summed E-state index contributed by atoms with van der Waals surface area (Å²) in [6, 6.07) is 0. The van der Waals surface area contributed by atoms with Crippen LogP contribution in [-0.2, 0) is 14.6 Å². The quantitative estimate of drug-likeness (QED) is 0.201. The van der Waals surface area contributed by atoms with Crippen molar-refractivity contribution in [3.63, 3.8) is 0 Å². The average molecular weight is 463 g/mol. The first-order valence-electron chi connectivity index (χ1n) is 8.12. The van der Waals surface area contributed by atoms with E-state index < -0.39 is 9.84 Å². The number of sulfone groups is 1. The van der Waals surface area contributed by atoms with Crippen molar-refractivity contribution >= 4 is 39.8 Å². The molecule has 0 atom stereocenters. The molecule has 0 heterocycles. The smallest absolute Gasteiger partial charge is 0.191 e. The fourth-order valence-corrected chi connectivity index (χ4v) is 2.17. The van der Waals surface area contributed by atoms with E-state index in [0.717, 1.165) is 31.4 Å². The number of unbranched alkanes of at least 4 members (excludes halogenated alkanes) is 1. The molecule has 0 aliphatic carbocycles. The summed E-state index contributed by atoms with van der Waals surface area (Å²) in [5.41, 5.74) is 0.